The van der Waals surface area contributed by atoms with Gasteiger partial charge in [0.1, 0.15) is 11.4 Å². The molecular weight excluding hydrogens is 290 g/mol. The van der Waals surface area contributed by atoms with Crippen molar-refractivity contribution in [3.63, 3.8) is 0 Å². The lowest BCUT2D eigenvalue weighted by Crippen LogP contribution is -2.07. The van der Waals surface area contributed by atoms with E-state index in [1.165, 1.54) is 0 Å². The minimum absolute atomic E-state index is 0.193. The third kappa shape index (κ3) is 2.23. The summed E-state index contributed by atoms with van der Waals surface area (Å²) >= 11 is 0. The molecule has 3 aromatic rings. The van der Waals surface area contributed by atoms with Gasteiger partial charge in [-0.25, -0.2) is 0 Å². The molecule has 1 N–H and O–H groups in total. The highest BCUT2D eigenvalue weighted by Gasteiger charge is 2.51. The fraction of sp³-hybridized carbons (Fsp3) is 0.158. The first-order chi connectivity index (χ1) is 11.2. The van der Waals surface area contributed by atoms with Crippen molar-refractivity contribution in [3.8, 4) is 28.1 Å². The van der Waals surface area contributed by atoms with Crippen molar-refractivity contribution in [1.29, 1.82) is 0 Å². The highest BCUT2D eigenvalue weighted by molar-refractivity contribution is 5.87. The largest absolute Gasteiger partial charge is 0.508 e. The molecule has 1 aliphatic rings. The normalized spacial score (nSPS) is 15.3. The van der Waals surface area contributed by atoms with E-state index in [0.29, 0.717) is 11.5 Å². The second kappa shape index (κ2) is 5.09. The van der Waals surface area contributed by atoms with Crippen LogP contribution in [0.2, 0.25) is 0 Å². The van der Waals surface area contributed by atoms with E-state index < -0.39 is 5.41 Å². The van der Waals surface area contributed by atoms with Gasteiger partial charge < -0.3 is 9.63 Å². The molecule has 113 valence electrons. The molecule has 2 aromatic carbocycles. The lowest BCUT2D eigenvalue weighted by Gasteiger charge is -2.07. The summed E-state index contributed by atoms with van der Waals surface area (Å²) in [5.41, 5.74) is 2.63. The van der Waals surface area contributed by atoms with Gasteiger partial charge in [-0.05, 0) is 42.7 Å². The van der Waals surface area contributed by atoms with E-state index in [4.69, 9.17) is 4.52 Å². The molecule has 0 unspecified atom stereocenters. The summed E-state index contributed by atoms with van der Waals surface area (Å²) in [7, 11) is 0. The molecule has 1 aromatic heterocycles. The number of phenolic OH excluding ortho intramolecular Hbond substituents is 1. The average Bonchev–Trinajstić information content (AvgIpc) is 3.27. The van der Waals surface area contributed by atoms with Crippen LogP contribution in [0.4, 0.5) is 0 Å². The molecule has 4 nitrogen and oxygen atoms in total. The first kappa shape index (κ1) is 13.8. The fourth-order valence-electron chi connectivity index (χ4n) is 2.81. The first-order valence-corrected chi connectivity index (χ1v) is 7.48. The van der Waals surface area contributed by atoms with Crippen LogP contribution >= 0.6 is 0 Å². The standard InChI is InChI=1S/C19H14NO3/c21-12-19(10-11-19)18-16(13-4-2-1-3-5-13)17(20-23-18)14-6-8-15(22)9-7-14/h1-9,22H,10-11H2. The smallest absolute Gasteiger partial charge is 0.213 e. The minimum Gasteiger partial charge on any atom is -0.508 e. The van der Waals surface area contributed by atoms with Crippen molar-refractivity contribution in [2.75, 3.05) is 0 Å². The van der Waals surface area contributed by atoms with Crippen molar-refractivity contribution >= 4 is 6.29 Å². The molecule has 1 saturated carbocycles. The van der Waals surface area contributed by atoms with Gasteiger partial charge in [-0.1, -0.05) is 35.5 Å². The molecule has 1 radical (unpaired) electrons. The van der Waals surface area contributed by atoms with E-state index in [0.717, 1.165) is 29.5 Å². The second-order valence-electron chi connectivity index (χ2n) is 5.83. The highest BCUT2D eigenvalue weighted by atomic mass is 16.5. The Bertz CT molecular complexity index is 846. The summed E-state index contributed by atoms with van der Waals surface area (Å²) in [6.07, 6.45) is 3.60. The number of phenols is 1. The van der Waals surface area contributed by atoms with E-state index in [2.05, 4.69) is 11.4 Å². The zero-order valence-corrected chi connectivity index (χ0v) is 12.3. The van der Waals surface area contributed by atoms with E-state index in [1.807, 2.05) is 30.3 Å². The average molecular weight is 304 g/mol. The topological polar surface area (TPSA) is 63.3 Å². The summed E-state index contributed by atoms with van der Waals surface area (Å²) < 4.78 is 5.58. The van der Waals surface area contributed by atoms with Crippen LogP contribution in [0, 0.1) is 0 Å². The lowest BCUT2D eigenvalue weighted by molar-refractivity contribution is 0.372. The van der Waals surface area contributed by atoms with E-state index in [1.54, 1.807) is 24.3 Å². The Morgan fingerprint density at radius 1 is 1.00 bits per heavy atom. The van der Waals surface area contributed by atoms with Crippen molar-refractivity contribution in [2.24, 2.45) is 0 Å². The summed E-state index contributed by atoms with van der Waals surface area (Å²) in [4.78, 5) is 11.4. The molecule has 0 amide bonds. The number of rotatable bonds is 4. The molecule has 0 spiro atoms. The molecule has 1 heterocycles. The molecule has 0 bridgehead atoms. The van der Waals surface area contributed by atoms with Crippen LogP contribution in [0.3, 0.4) is 0 Å². The van der Waals surface area contributed by atoms with Crippen LogP contribution in [0.25, 0.3) is 22.4 Å². The van der Waals surface area contributed by atoms with Gasteiger partial charge in [0.25, 0.3) is 0 Å². The maximum absolute atomic E-state index is 11.4. The Labute approximate surface area is 133 Å². The van der Waals surface area contributed by atoms with Crippen LogP contribution in [-0.2, 0) is 10.2 Å². The first-order valence-electron chi connectivity index (χ1n) is 7.48. The van der Waals surface area contributed by atoms with Gasteiger partial charge in [0.2, 0.25) is 6.29 Å². The number of aromatic hydroxyl groups is 1. The van der Waals surface area contributed by atoms with Gasteiger partial charge in [0.15, 0.2) is 5.76 Å². The summed E-state index contributed by atoms with van der Waals surface area (Å²) in [6.45, 7) is 0. The van der Waals surface area contributed by atoms with Crippen LogP contribution in [-0.4, -0.2) is 16.5 Å². The number of hydrogen-bond donors (Lipinski definition) is 1. The van der Waals surface area contributed by atoms with Gasteiger partial charge >= 0.3 is 0 Å². The van der Waals surface area contributed by atoms with Crippen molar-refractivity contribution in [1.82, 2.24) is 5.16 Å². The van der Waals surface area contributed by atoms with Gasteiger partial charge in [0, 0.05) is 5.56 Å². The third-order valence-electron chi connectivity index (χ3n) is 4.28. The fourth-order valence-corrected chi connectivity index (χ4v) is 2.81. The monoisotopic (exact) mass is 304 g/mol. The highest BCUT2D eigenvalue weighted by Crippen LogP contribution is 2.51. The molecule has 23 heavy (non-hydrogen) atoms. The zero-order valence-electron chi connectivity index (χ0n) is 12.3. The van der Waals surface area contributed by atoms with Crippen molar-refractivity contribution in [2.45, 2.75) is 18.3 Å². The quantitative estimate of drug-likeness (QED) is 0.795. The lowest BCUT2D eigenvalue weighted by atomic mass is 9.93. The Kier molecular flexibility index (Phi) is 3.05. The molecule has 0 atom stereocenters. The van der Waals surface area contributed by atoms with Gasteiger partial charge in [-0.15, -0.1) is 0 Å². The molecule has 0 aliphatic heterocycles. The predicted molar refractivity (Wildman–Crippen MR) is 85.6 cm³/mol. The summed E-state index contributed by atoms with van der Waals surface area (Å²) in [5, 5.41) is 13.7. The Morgan fingerprint density at radius 3 is 2.30 bits per heavy atom. The Hall–Kier alpha value is -2.88. The Morgan fingerprint density at radius 2 is 1.70 bits per heavy atom. The summed E-state index contributed by atoms with van der Waals surface area (Å²) in [5.74, 6) is 0.778. The maximum atomic E-state index is 11.4. The number of aromatic nitrogens is 1. The van der Waals surface area contributed by atoms with E-state index in [-0.39, 0.29) is 5.75 Å². The number of hydrogen-bond acceptors (Lipinski definition) is 4. The molecule has 1 aliphatic carbocycles. The van der Waals surface area contributed by atoms with Crippen LogP contribution in [0.15, 0.2) is 59.1 Å². The third-order valence-corrected chi connectivity index (χ3v) is 4.28. The van der Waals surface area contributed by atoms with Crippen molar-refractivity contribution < 1.29 is 14.4 Å². The predicted octanol–water partition coefficient (Wildman–Crippen LogP) is 3.86. The van der Waals surface area contributed by atoms with Crippen LogP contribution in [0.1, 0.15) is 18.6 Å². The van der Waals surface area contributed by atoms with Gasteiger partial charge in [0.05, 0.1) is 11.0 Å². The zero-order chi connectivity index (χ0) is 15.9. The summed E-state index contributed by atoms with van der Waals surface area (Å²) in [6, 6.07) is 16.6. The van der Waals surface area contributed by atoms with Gasteiger partial charge in [-0.2, -0.15) is 0 Å². The van der Waals surface area contributed by atoms with Crippen molar-refractivity contribution in [3.05, 3.63) is 60.4 Å². The Balaban J connectivity index is 1.94. The van der Waals surface area contributed by atoms with Gasteiger partial charge in [-0.3, -0.25) is 4.79 Å². The van der Waals surface area contributed by atoms with E-state index in [9.17, 15) is 9.90 Å². The second-order valence-corrected chi connectivity index (χ2v) is 5.83. The minimum atomic E-state index is -0.659. The number of benzene rings is 2. The van der Waals surface area contributed by atoms with E-state index >= 15 is 0 Å². The van der Waals surface area contributed by atoms with Crippen LogP contribution in [0.5, 0.6) is 5.75 Å². The number of nitrogens with zero attached hydrogens (tertiary/aromatic N) is 1. The maximum Gasteiger partial charge on any atom is 0.213 e. The molecule has 4 rings (SSSR count). The molecule has 0 saturated heterocycles. The number of carbonyl (C=O) groups excluding carboxylic acids is 1. The molecular formula is C19H14NO3. The molecule has 4 heteroatoms. The SMILES string of the molecule is O=[C]C1(c2onc(-c3ccc(O)cc3)c2-c2ccccc2)CC1. The molecule has 1 fully saturated rings. The van der Waals surface area contributed by atoms with Crippen LogP contribution < -0.4 is 0 Å².